The van der Waals surface area contributed by atoms with Gasteiger partial charge in [0.15, 0.2) is 0 Å². The molecule has 0 N–H and O–H groups in total. The number of thioether (sulfide) groups is 1. The summed E-state index contributed by atoms with van der Waals surface area (Å²) in [6.45, 7) is 4.04. The Balaban J connectivity index is 1.83. The second-order valence-corrected chi connectivity index (χ2v) is 8.74. The Morgan fingerprint density at radius 3 is 2.31 bits per heavy atom. The van der Waals surface area contributed by atoms with Gasteiger partial charge < -0.3 is 4.74 Å². The number of aryl methyl sites for hydroxylation is 1. The van der Waals surface area contributed by atoms with Crippen LogP contribution in [0.15, 0.2) is 89.1 Å². The molecule has 160 valence electrons. The average Bonchev–Trinajstić information content (AvgIpc) is 3.23. The van der Waals surface area contributed by atoms with E-state index in [4.69, 9.17) is 14.9 Å². The lowest BCUT2D eigenvalue weighted by Gasteiger charge is -2.47. The van der Waals surface area contributed by atoms with E-state index < -0.39 is 11.0 Å². The minimum absolute atomic E-state index is 0.279. The average molecular weight is 443 g/mol. The van der Waals surface area contributed by atoms with Gasteiger partial charge in [-0.25, -0.2) is 14.8 Å². The summed E-state index contributed by atoms with van der Waals surface area (Å²) >= 11 is 1.35. The van der Waals surface area contributed by atoms with E-state index >= 15 is 0 Å². The molecule has 0 fully saturated rings. The highest BCUT2D eigenvalue weighted by Crippen LogP contribution is 2.55. The second-order valence-electron chi connectivity index (χ2n) is 7.58. The van der Waals surface area contributed by atoms with E-state index in [0.29, 0.717) is 0 Å². The van der Waals surface area contributed by atoms with Crippen molar-refractivity contribution in [3.05, 3.63) is 95.6 Å². The molecular formula is C25H22N4O2S. The van der Waals surface area contributed by atoms with Gasteiger partial charge in [-0.2, -0.15) is 10.2 Å². The number of hydrazone groups is 2. The lowest BCUT2D eigenvalue weighted by molar-refractivity contribution is -0.132. The number of rotatable bonds is 3. The fraction of sp³-hybridized carbons (Fsp3) is 0.160. The molecule has 2 heterocycles. The molecule has 32 heavy (non-hydrogen) atoms. The molecule has 3 aromatic carbocycles. The molecule has 0 radical (unpaired) electrons. The first kappa shape index (κ1) is 20.3. The number of ether oxygens (including phenoxy) is 1. The van der Waals surface area contributed by atoms with Gasteiger partial charge in [-0.05, 0) is 49.4 Å². The van der Waals surface area contributed by atoms with Gasteiger partial charge >= 0.3 is 5.97 Å². The smallest absolute Gasteiger partial charge is 0.365 e. The Bertz CT molecular complexity index is 1260. The summed E-state index contributed by atoms with van der Waals surface area (Å²) < 4.78 is 5.06. The van der Waals surface area contributed by atoms with Crippen molar-refractivity contribution in [3.8, 4) is 0 Å². The molecule has 0 aliphatic carbocycles. The molecule has 3 aromatic rings. The van der Waals surface area contributed by atoms with E-state index in [9.17, 15) is 4.79 Å². The molecule has 0 amide bonds. The predicted molar refractivity (Wildman–Crippen MR) is 130 cm³/mol. The largest absolute Gasteiger partial charge is 0.464 e. The van der Waals surface area contributed by atoms with Crippen molar-refractivity contribution in [1.82, 2.24) is 0 Å². The van der Waals surface area contributed by atoms with Crippen molar-refractivity contribution in [2.24, 2.45) is 10.2 Å². The molecular weight excluding hydrogens is 420 g/mol. The fourth-order valence-electron chi connectivity index (χ4n) is 4.12. The van der Waals surface area contributed by atoms with E-state index in [1.165, 1.54) is 18.9 Å². The number of carbonyl (C=O) groups excluding carboxylic acids is 1. The first-order valence-corrected chi connectivity index (χ1v) is 11.1. The molecule has 0 aromatic heterocycles. The summed E-state index contributed by atoms with van der Waals surface area (Å²) in [4.78, 5) is 11.7. The van der Waals surface area contributed by atoms with Crippen LogP contribution in [-0.4, -0.2) is 23.8 Å². The van der Waals surface area contributed by atoms with Gasteiger partial charge in [0, 0.05) is 11.1 Å². The normalized spacial score (nSPS) is 19.5. The van der Waals surface area contributed by atoms with E-state index in [1.54, 1.807) is 0 Å². The first-order chi connectivity index (χ1) is 15.6. The van der Waals surface area contributed by atoms with E-state index in [2.05, 4.69) is 12.1 Å². The minimum Gasteiger partial charge on any atom is -0.464 e. The van der Waals surface area contributed by atoms with Gasteiger partial charge in [0.2, 0.25) is 10.0 Å². The van der Waals surface area contributed by atoms with Crippen LogP contribution in [0, 0.1) is 6.92 Å². The maximum atomic E-state index is 12.7. The third-order valence-corrected chi connectivity index (χ3v) is 6.92. The predicted octanol–water partition coefficient (Wildman–Crippen LogP) is 5.09. The number of hydrogen-bond acceptors (Lipinski definition) is 7. The number of nitrogens with zero attached hydrogens (tertiary/aromatic N) is 4. The van der Waals surface area contributed by atoms with Crippen LogP contribution in [0.1, 0.15) is 23.6 Å². The minimum atomic E-state index is -0.937. The summed E-state index contributed by atoms with van der Waals surface area (Å²) in [7, 11) is 1.38. The number of para-hydroxylation sites is 2. The molecule has 1 spiro atoms. The number of benzene rings is 3. The summed E-state index contributed by atoms with van der Waals surface area (Å²) in [5.74, 6) is -0.470. The van der Waals surface area contributed by atoms with Crippen LogP contribution < -0.4 is 10.0 Å². The van der Waals surface area contributed by atoms with Gasteiger partial charge in [-0.3, -0.25) is 0 Å². The first-order valence-electron chi connectivity index (χ1n) is 10.3. The summed E-state index contributed by atoms with van der Waals surface area (Å²) in [5.41, 5.74) is 5.75. The number of esters is 1. The van der Waals surface area contributed by atoms with Crippen molar-refractivity contribution < 1.29 is 9.53 Å². The summed E-state index contributed by atoms with van der Waals surface area (Å²) in [5, 5.41) is 14.0. The fourth-order valence-corrected chi connectivity index (χ4v) is 5.42. The lowest BCUT2D eigenvalue weighted by atomic mass is 9.97. The Hall–Kier alpha value is -3.58. The van der Waals surface area contributed by atoms with Crippen molar-refractivity contribution in [3.63, 3.8) is 0 Å². The summed E-state index contributed by atoms with van der Waals surface area (Å²) in [6, 6.07) is 26.1. The standard InChI is InChI=1S/C25H22N4O2S/c1-17-11-7-10-16-22(17)29-25(32-23(27-29)24(30)31-3)21-15-9-8-14-20(21)18(2)26-28(25)19-12-5-4-6-13-19/h4-16H,1-3H3. The number of hydrogen-bond donors (Lipinski definition) is 0. The molecule has 1 unspecified atom stereocenters. The zero-order valence-corrected chi connectivity index (χ0v) is 18.8. The summed E-state index contributed by atoms with van der Waals surface area (Å²) in [6.07, 6.45) is 0. The zero-order chi connectivity index (χ0) is 22.3. The molecule has 1 atom stereocenters. The number of methoxy groups -OCH3 is 1. The topological polar surface area (TPSA) is 57.5 Å². The molecule has 2 aliphatic rings. The van der Waals surface area contributed by atoms with Crippen LogP contribution in [0.3, 0.4) is 0 Å². The molecule has 5 rings (SSSR count). The number of fused-ring (bicyclic) bond motifs is 2. The van der Waals surface area contributed by atoms with Gasteiger partial charge in [-0.15, -0.1) is 0 Å². The highest BCUT2D eigenvalue weighted by molar-refractivity contribution is 8.16. The molecule has 2 aliphatic heterocycles. The third kappa shape index (κ3) is 3.00. The van der Waals surface area contributed by atoms with Crippen molar-refractivity contribution >= 4 is 39.9 Å². The highest BCUT2D eigenvalue weighted by atomic mass is 32.2. The Labute approximate surface area is 191 Å². The van der Waals surface area contributed by atoms with Crippen LogP contribution in [0.2, 0.25) is 0 Å². The Morgan fingerprint density at radius 1 is 0.875 bits per heavy atom. The maximum absolute atomic E-state index is 12.7. The second kappa shape index (κ2) is 7.84. The molecule has 0 saturated carbocycles. The van der Waals surface area contributed by atoms with E-state index in [1.807, 2.05) is 90.6 Å². The maximum Gasteiger partial charge on any atom is 0.365 e. The van der Waals surface area contributed by atoms with Crippen molar-refractivity contribution in [1.29, 1.82) is 0 Å². The molecule has 0 bridgehead atoms. The van der Waals surface area contributed by atoms with Gasteiger partial charge in [0.1, 0.15) is 0 Å². The van der Waals surface area contributed by atoms with Gasteiger partial charge in [-0.1, -0.05) is 60.7 Å². The SMILES string of the molecule is COC(=O)C1=NN(c2ccccc2C)C2(S1)c1ccccc1C(C)=NN2c1ccccc1. The van der Waals surface area contributed by atoms with E-state index in [0.717, 1.165) is 33.8 Å². The molecule has 6 nitrogen and oxygen atoms in total. The van der Waals surface area contributed by atoms with E-state index in [-0.39, 0.29) is 5.04 Å². The van der Waals surface area contributed by atoms with Gasteiger partial charge in [0.25, 0.3) is 0 Å². The number of anilines is 2. The molecule has 0 saturated heterocycles. The quantitative estimate of drug-likeness (QED) is 0.529. The Kier molecular flexibility index (Phi) is 4.98. The van der Waals surface area contributed by atoms with Crippen LogP contribution >= 0.6 is 11.8 Å². The van der Waals surface area contributed by atoms with Crippen molar-refractivity contribution in [2.75, 3.05) is 17.1 Å². The molecule has 7 heteroatoms. The highest BCUT2D eigenvalue weighted by Gasteiger charge is 2.56. The Morgan fingerprint density at radius 2 is 1.56 bits per heavy atom. The monoisotopic (exact) mass is 442 g/mol. The third-order valence-electron chi connectivity index (χ3n) is 5.63. The van der Waals surface area contributed by atoms with Crippen LogP contribution in [0.5, 0.6) is 0 Å². The number of carbonyl (C=O) groups is 1. The van der Waals surface area contributed by atoms with Gasteiger partial charge in [0.05, 0.1) is 24.2 Å². The zero-order valence-electron chi connectivity index (χ0n) is 18.0. The van der Waals surface area contributed by atoms with Crippen LogP contribution in [0.25, 0.3) is 0 Å². The lowest BCUT2D eigenvalue weighted by Crippen LogP contribution is -2.53. The van der Waals surface area contributed by atoms with Crippen LogP contribution in [-0.2, 0) is 14.5 Å². The van der Waals surface area contributed by atoms with Crippen molar-refractivity contribution in [2.45, 2.75) is 18.8 Å². The van der Waals surface area contributed by atoms with Crippen LogP contribution in [0.4, 0.5) is 11.4 Å².